The summed E-state index contributed by atoms with van der Waals surface area (Å²) in [6, 6.07) is 15.1. The fourth-order valence-corrected chi connectivity index (χ4v) is 2.38. The third-order valence-corrected chi connectivity index (χ3v) is 3.55. The van der Waals surface area contributed by atoms with Crippen LogP contribution in [0.3, 0.4) is 0 Å². The van der Waals surface area contributed by atoms with Gasteiger partial charge in [0, 0.05) is 17.1 Å². The fourth-order valence-electron chi connectivity index (χ4n) is 2.18. The van der Waals surface area contributed by atoms with Gasteiger partial charge in [-0.1, -0.05) is 35.9 Å². The van der Waals surface area contributed by atoms with Crippen LogP contribution < -0.4 is 11.1 Å². The summed E-state index contributed by atoms with van der Waals surface area (Å²) in [4.78, 5) is 12.0. The Morgan fingerprint density at radius 2 is 2.00 bits per heavy atom. The first-order valence-electron chi connectivity index (χ1n) is 6.94. The van der Waals surface area contributed by atoms with Gasteiger partial charge in [0.05, 0.1) is 6.04 Å². The lowest BCUT2D eigenvalue weighted by Gasteiger charge is -2.14. The van der Waals surface area contributed by atoms with E-state index >= 15 is 0 Å². The molecule has 0 spiro atoms. The van der Waals surface area contributed by atoms with Crippen LogP contribution in [0.2, 0.25) is 5.02 Å². The summed E-state index contributed by atoms with van der Waals surface area (Å²) in [5.74, 6) is 0.0184. The molecule has 1 amide bonds. The molecule has 0 saturated carbocycles. The van der Waals surface area contributed by atoms with Gasteiger partial charge >= 0.3 is 0 Å². The number of nitrogens with two attached hydrogens (primary N) is 1. The lowest BCUT2D eigenvalue weighted by atomic mass is 10.1. The molecule has 0 aliphatic carbocycles. The Hall–Kier alpha value is -2.00. The Kier molecular flexibility index (Phi) is 5.23. The zero-order chi connectivity index (χ0) is 15.2. The van der Waals surface area contributed by atoms with Gasteiger partial charge in [0.25, 0.3) is 0 Å². The highest BCUT2D eigenvalue weighted by atomic mass is 35.5. The van der Waals surface area contributed by atoms with Crippen LogP contribution in [0, 0.1) is 0 Å². The molecular weight excluding hydrogens is 284 g/mol. The minimum absolute atomic E-state index is 0.0184. The molecule has 3 nitrogen and oxygen atoms in total. The number of hydrogen-bond acceptors (Lipinski definition) is 2. The highest BCUT2D eigenvalue weighted by Crippen LogP contribution is 2.17. The van der Waals surface area contributed by atoms with Crippen LogP contribution in [0.25, 0.3) is 0 Å². The van der Waals surface area contributed by atoms with Crippen LogP contribution >= 0.6 is 11.6 Å². The van der Waals surface area contributed by atoms with Crippen LogP contribution in [0.1, 0.15) is 30.5 Å². The number of nitrogens with one attached hydrogen (secondary N) is 1. The first kappa shape index (κ1) is 15.4. The number of aryl methyl sites for hydroxylation is 1. The molecule has 0 radical (unpaired) electrons. The zero-order valence-electron chi connectivity index (χ0n) is 12.0. The predicted molar refractivity (Wildman–Crippen MR) is 87.2 cm³/mol. The number of hydrogen-bond donors (Lipinski definition) is 2. The second-order valence-electron chi connectivity index (χ2n) is 5.09. The van der Waals surface area contributed by atoms with Crippen molar-refractivity contribution in [3.05, 3.63) is 64.7 Å². The van der Waals surface area contributed by atoms with Gasteiger partial charge in [-0.2, -0.15) is 0 Å². The maximum Gasteiger partial charge on any atom is 0.220 e. The van der Waals surface area contributed by atoms with E-state index < -0.39 is 0 Å². The zero-order valence-corrected chi connectivity index (χ0v) is 12.7. The average molecular weight is 303 g/mol. The second kappa shape index (κ2) is 7.14. The van der Waals surface area contributed by atoms with E-state index in [1.807, 2.05) is 55.5 Å². The van der Waals surface area contributed by atoms with Crippen molar-refractivity contribution in [3.63, 3.8) is 0 Å². The van der Waals surface area contributed by atoms with Crippen molar-refractivity contribution in [1.82, 2.24) is 5.32 Å². The largest absolute Gasteiger partial charge is 0.399 e. The molecule has 0 aliphatic heterocycles. The lowest BCUT2D eigenvalue weighted by molar-refractivity contribution is -0.121. The molecule has 2 rings (SSSR count). The molecule has 3 N–H and O–H groups in total. The summed E-state index contributed by atoms with van der Waals surface area (Å²) in [6.45, 7) is 1.95. The maximum atomic E-state index is 12.0. The maximum absolute atomic E-state index is 12.0. The molecule has 110 valence electrons. The quantitative estimate of drug-likeness (QED) is 0.827. The number of anilines is 1. The number of carbonyl (C=O) groups is 1. The molecule has 0 saturated heterocycles. The van der Waals surface area contributed by atoms with Crippen molar-refractivity contribution in [1.29, 1.82) is 0 Å². The minimum Gasteiger partial charge on any atom is -0.399 e. The monoisotopic (exact) mass is 302 g/mol. The van der Waals surface area contributed by atoms with E-state index in [9.17, 15) is 4.79 Å². The van der Waals surface area contributed by atoms with Crippen molar-refractivity contribution in [3.8, 4) is 0 Å². The Bertz CT molecular complexity index is 628. The molecule has 0 bridgehead atoms. The fraction of sp³-hybridized carbons (Fsp3) is 0.235. The van der Waals surface area contributed by atoms with Gasteiger partial charge in [0.1, 0.15) is 0 Å². The highest BCUT2D eigenvalue weighted by Gasteiger charge is 2.10. The molecule has 21 heavy (non-hydrogen) atoms. The van der Waals surface area contributed by atoms with Crippen molar-refractivity contribution < 1.29 is 4.79 Å². The van der Waals surface area contributed by atoms with Crippen LogP contribution in [0.4, 0.5) is 5.69 Å². The van der Waals surface area contributed by atoms with Gasteiger partial charge < -0.3 is 11.1 Å². The molecule has 4 heteroatoms. The molecular formula is C17H19ClN2O. The van der Waals surface area contributed by atoms with E-state index in [0.717, 1.165) is 16.8 Å². The van der Waals surface area contributed by atoms with E-state index in [1.54, 1.807) is 0 Å². The van der Waals surface area contributed by atoms with Gasteiger partial charge in [-0.05, 0) is 48.7 Å². The summed E-state index contributed by atoms with van der Waals surface area (Å²) in [5, 5.41) is 3.65. The molecule has 0 aliphatic rings. The van der Waals surface area contributed by atoms with Crippen LogP contribution in [0.15, 0.2) is 48.5 Å². The topological polar surface area (TPSA) is 55.1 Å². The van der Waals surface area contributed by atoms with Crippen LogP contribution in [-0.4, -0.2) is 5.91 Å². The lowest BCUT2D eigenvalue weighted by Crippen LogP contribution is -2.26. The van der Waals surface area contributed by atoms with Crippen molar-refractivity contribution >= 4 is 23.2 Å². The van der Waals surface area contributed by atoms with Crippen molar-refractivity contribution in [2.45, 2.75) is 25.8 Å². The van der Waals surface area contributed by atoms with E-state index in [-0.39, 0.29) is 11.9 Å². The number of halogens is 1. The van der Waals surface area contributed by atoms with E-state index in [0.29, 0.717) is 17.9 Å². The minimum atomic E-state index is -0.0583. The average Bonchev–Trinajstić information content (AvgIpc) is 2.45. The third kappa shape index (κ3) is 4.80. The van der Waals surface area contributed by atoms with E-state index in [4.69, 9.17) is 17.3 Å². The van der Waals surface area contributed by atoms with Gasteiger partial charge in [-0.15, -0.1) is 0 Å². The summed E-state index contributed by atoms with van der Waals surface area (Å²) in [6.07, 6.45) is 1.12. The molecule has 0 fully saturated rings. The SMILES string of the molecule is C[C@@H](NC(=O)CCc1cccc(N)c1)c1cccc(Cl)c1. The first-order valence-corrected chi connectivity index (χ1v) is 7.31. The standard InChI is InChI=1S/C17H19ClN2O/c1-12(14-5-3-6-15(18)11-14)20-17(21)9-8-13-4-2-7-16(19)10-13/h2-7,10-12H,8-9,19H2,1H3,(H,20,21)/t12-/m1/s1. The van der Waals surface area contributed by atoms with Crippen molar-refractivity contribution in [2.24, 2.45) is 0 Å². The Balaban J connectivity index is 1.87. The Morgan fingerprint density at radius 1 is 1.24 bits per heavy atom. The summed E-state index contributed by atoms with van der Waals surface area (Å²) < 4.78 is 0. The van der Waals surface area contributed by atoms with Crippen LogP contribution in [0.5, 0.6) is 0 Å². The number of amides is 1. The summed E-state index contributed by atoms with van der Waals surface area (Å²) in [5.41, 5.74) is 8.52. The highest BCUT2D eigenvalue weighted by molar-refractivity contribution is 6.30. The number of carbonyl (C=O) groups excluding carboxylic acids is 1. The molecule has 0 unspecified atom stereocenters. The smallest absolute Gasteiger partial charge is 0.220 e. The van der Waals surface area contributed by atoms with Gasteiger partial charge in [-0.3, -0.25) is 4.79 Å². The molecule has 0 heterocycles. The van der Waals surface area contributed by atoms with E-state index in [1.165, 1.54) is 0 Å². The predicted octanol–water partition coefficient (Wildman–Crippen LogP) is 3.73. The number of rotatable bonds is 5. The van der Waals surface area contributed by atoms with Gasteiger partial charge in [0.15, 0.2) is 0 Å². The Labute approximate surface area is 130 Å². The van der Waals surface area contributed by atoms with Gasteiger partial charge in [0.2, 0.25) is 5.91 Å². The summed E-state index contributed by atoms with van der Waals surface area (Å²) >= 11 is 5.96. The van der Waals surface area contributed by atoms with Crippen molar-refractivity contribution in [2.75, 3.05) is 5.73 Å². The van der Waals surface area contributed by atoms with E-state index in [2.05, 4.69) is 5.32 Å². The van der Waals surface area contributed by atoms with Crippen LogP contribution in [-0.2, 0) is 11.2 Å². The first-order chi connectivity index (χ1) is 10.0. The Morgan fingerprint density at radius 3 is 2.71 bits per heavy atom. The van der Waals surface area contributed by atoms with Gasteiger partial charge in [-0.25, -0.2) is 0 Å². The second-order valence-corrected chi connectivity index (χ2v) is 5.53. The number of nitrogen functional groups attached to an aromatic ring is 1. The normalized spacial score (nSPS) is 11.9. The molecule has 2 aromatic rings. The molecule has 2 aromatic carbocycles. The molecule has 1 atom stereocenters. The number of benzene rings is 2. The third-order valence-electron chi connectivity index (χ3n) is 3.32. The summed E-state index contributed by atoms with van der Waals surface area (Å²) in [7, 11) is 0. The molecule has 0 aromatic heterocycles.